The van der Waals surface area contributed by atoms with Crippen LogP contribution in [-0.4, -0.2) is 37.0 Å². The minimum atomic E-state index is -0.0315. The molecule has 0 spiro atoms. The van der Waals surface area contributed by atoms with E-state index in [-0.39, 0.29) is 5.91 Å². The molecule has 1 N–H and O–H groups in total. The molecule has 33 heavy (non-hydrogen) atoms. The fraction of sp³-hybridized carbons (Fsp3) is 0.385. The summed E-state index contributed by atoms with van der Waals surface area (Å²) >= 11 is 0. The van der Waals surface area contributed by atoms with Crippen LogP contribution in [0, 0.1) is 6.92 Å². The molecule has 3 heterocycles. The summed E-state index contributed by atoms with van der Waals surface area (Å²) in [6, 6.07) is 14.1. The number of nitrogens with one attached hydrogen (secondary N) is 1. The van der Waals surface area contributed by atoms with Crippen molar-refractivity contribution >= 4 is 16.9 Å². The van der Waals surface area contributed by atoms with Gasteiger partial charge in [-0.1, -0.05) is 18.2 Å². The molecule has 0 unspecified atom stereocenters. The summed E-state index contributed by atoms with van der Waals surface area (Å²) in [6.45, 7) is 3.44. The lowest BCUT2D eigenvalue weighted by atomic mass is 10.0. The Morgan fingerprint density at radius 3 is 2.58 bits per heavy atom. The molecule has 6 rings (SSSR count). The Morgan fingerprint density at radius 1 is 1.09 bits per heavy atom. The van der Waals surface area contributed by atoms with Crippen LogP contribution in [0.15, 0.2) is 48.7 Å². The second-order valence-electron chi connectivity index (χ2n) is 9.28. The van der Waals surface area contributed by atoms with Crippen LogP contribution in [0.1, 0.15) is 71.4 Å². The molecule has 0 atom stereocenters. The normalized spacial score (nSPS) is 15.8. The van der Waals surface area contributed by atoms with Crippen LogP contribution in [0.25, 0.3) is 16.7 Å². The lowest BCUT2D eigenvalue weighted by Gasteiger charge is -2.10. The predicted molar refractivity (Wildman–Crippen MR) is 127 cm³/mol. The Kier molecular flexibility index (Phi) is 4.97. The summed E-state index contributed by atoms with van der Waals surface area (Å²) in [7, 11) is 0. The largest absolute Gasteiger partial charge is 0.352 e. The first kappa shape index (κ1) is 20.1. The molecule has 2 saturated carbocycles. The van der Waals surface area contributed by atoms with Crippen molar-refractivity contribution in [3.63, 3.8) is 0 Å². The quantitative estimate of drug-likeness (QED) is 0.409. The van der Waals surface area contributed by atoms with Crippen molar-refractivity contribution in [2.24, 2.45) is 0 Å². The third-order valence-electron chi connectivity index (χ3n) is 6.65. The van der Waals surface area contributed by atoms with E-state index in [4.69, 9.17) is 10.1 Å². The highest BCUT2D eigenvalue weighted by Crippen LogP contribution is 2.45. The van der Waals surface area contributed by atoms with E-state index in [1.54, 1.807) is 0 Å². The Balaban J connectivity index is 1.35. The van der Waals surface area contributed by atoms with E-state index in [1.165, 1.54) is 0 Å². The van der Waals surface area contributed by atoms with Crippen molar-refractivity contribution in [3.05, 3.63) is 71.3 Å². The number of carbonyl (C=O) groups excluding carboxylic acids is 1. The summed E-state index contributed by atoms with van der Waals surface area (Å²) in [5.74, 6) is 0.837. The first-order valence-corrected chi connectivity index (χ1v) is 11.9. The number of rotatable bonds is 8. The SMILES string of the molecule is Cc1ccnn1CCCNC(=O)c1cc(C2CC2)nc2c1c(C1CC1)nn2-c1ccccc1. The van der Waals surface area contributed by atoms with E-state index in [1.807, 2.05) is 64.9 Å². The summed E-state index contributed by atoms with van der Waals surface area (Å²) in [6.07, 6.45) is 7.15. The minimum Gasteiger partial charge on any atom is -0.352 e. The number of carbonyl (C=O) groups is 1. The molecule has 0 radical (unpaired) electrons. The van der Waals surface area contributed by atoms with Crippen LogP contribution in [-0.2, 0) is 6.54 Å². The van der Waals surface area contributed by atoms with Gasteiger partial charge in [0, 0.05) is 42.5 Å². The molecule has 2 fully saturated rings. The highest BCUT2D eigenvalue weighted by Gasteiger charge is 2.34. The third-order valence-corrected chi connectivity index (χ3v) is 6.65. The smallest absolute Gasteiger partial charge is 0.252 e. The predicted octanol–water partition coefficient (Wildman–Crippen LogP) is 4.50. The van der Waals surface area contributed by atoms with Crippen molar-refractivity contribution in [1.82, 2.24) is 29.9 Å². The number of benzene rings is 1. The van der Waals surface area contributed by atoms with Crippen LogP contribution in [0.5, 0.6) is 0 Å². The van der Waals surface area contributed by atoms with Gasteiger partial charge >= 0.3 is 0 Å². The average molecular weight is 441 g/mol. The van der Waals surface area contributed by atoms with E-state index < -0.39 is 0 Å². The number of aromatic nitrogens is 5. The van der Waals surface area contributed by atoms with Gasteiger partial charge in [0.15, 0.2) is 5.65 Å². The number of nitrogens with zero attached hydrogens (tertiary/aromatic N) is 5. The van der Waals surface area contributed by atoms with Crippen molar-refractivity contribution < 1.29 is 4.79 Å². The minimum absolute atomic E-state index is 0.0315. The van der Waals surface area contributed by atoms with E-state index in [9.17, 15) is 4.79 Å². The van der Waals surface area contributed by atoms with Crippen molar-refractivity contribution in [1.29, 1.82) is 0 Å². The molecule has 7 heteroatoms. The lowest BCUT2D eigenvalue weighted by molar-refractivity contribution is 0.0954. The molecule has 0 aliphatic heterocycles. The summed E-state index contributed by atoms with van der Waals surface area (Å²) in [4.78, 5) is 18.5. The van der Waals surface area contributed by atoms with E-state index in [0.29, 0.717) is 18.4 Å². The second kappa shape index (κ2) is 8.14. The van der Waals surface area contributed by atoms with Gasteiger partial charge in [0.1, 0.15) is 0 Å². The molecule has 1 aromatic carbocycles. The zero-order valence-electron chi connectivity index (χ0n) is 18.9. The first-order valence-electron chi connectivity index (χ1n) is 11.9. The number of para-hydroxylation sites is 1. The van der Waals surface area contributed by atoms with Crippen LogP contribution in [0.3, 0.4) is 0 Å². The summed E-state index contributed by atoms with van der Waals surface area (Å²) in [5, 5.41) is 13.4. The Hall–Kier alpha value is -3.48. The van der Waals surface area contributed by atoms with Crippen molar-refractivity contribution in [3.8, 4) is 5.69 Å². The van der Waals surface area contributed by atoms with Crippen LogP contribution < -0.4 is 5.32 Å². The van der Waals surface area contributed by atoms with Gasteiger partial charge < -0.3 is 5.32 Å². The number of amides is 1. The van der Waals surface area contributed by atoms with Gasteiger partial charge in [-0.15, -0.1) is 0 Å². The molecule has 0 saturated heterocycles. The zero-order chi connectivity index (χ0) is 22.4. The maximum atomic E-state index is 13.4. The lowest BCUT2D eigenvalue weighted by Crippen LogP contribution is -2.26. The molecular formula is C26H28N6O. The zero-order valence-corrected chi connectivity index (χ0v) is 18.9. The van der Waals surface area contributed by atoms with Gasteiger partial charge in [-0.25, -0.2) is 9.67 Å². The number of hydrogen-bond donors (Lipinski definition) is 1. The van der Waals surface area contributed by atoms with Gasteiger partial charge in [0.05, 0.1) is 22.3 Å². The molecular weight excluding hydrogens is 412 g/mol. The standard InChI is InChI=1S/C26H28N6O/c1-17-12-14-28-31(17)15-5-13-27-26(33)21-16-22(18-8-9-18)29-25-23(21)24(19-10-11-19)30-32(25)20-6-3-2-4-7-20/h2-4,6-7,12,14,16,18-19H,5,8-11,13,15H2,1H3,(H,27,33). The monoisotopic (exact) mass is 440 g/mol. The van der Waals surface area contributed by atoms with Gasteiger partial charge in [0.25, 0.3) is 5.91 Å². The Morgan fingerprint density at radius 2 is 1.88 bits per heavy atom. The maximum absolute atomic E-state index is 13.4. The molecule has 3 aromatic heterocycles. The van der Waals surface area contributed by atoms with Crippen LogP contribution in [0.2, 0.25) is 0 Å². The second-order valence-corrected chi connectivity index (χ2v) is 9.28. The molecule has 168 valence electrons. The van der Waals surface area contributed by atoms with Crippen LogP contribution >= 0.6 is 0 Å². The third kappa shape index (κ3) is 3.92. The molecule has 1 amide bonds. The van der Waals surface area contributed by atoms with E-state index >= 15 is 0 Å². The van der Waals surface area contributed by atoms with E-state index in [2.05, 4.69) is 10.4 Å². The topological polar surface area (TPSA) is 77.6 Å². The van der Waals surface area contributed by atoms with E-state index in [0.717, 1.165) is 78.0 Å². The fourth-order valence-electron chi connectivity index (χ4n) is 4.48. The number of fused-ring (bicyclic) bond motifs is 1. The maximum Gasteiger partial charge on any atom is 0.252 e. The molecule has 4 aromatic rings. The average Bonchev–Trinajstić information content (AvgIpc) is 3.77. The highest BCUT2D eigenvalue weighted by atomic mass is 16.1. The van der Waals surface area contributed by atoms with Crippen LogP contribution in [0.4, 0.5) is 0 Å². The van der Waals surface area contributed by atoms with Crippen molar-refractivity contribution in [2.75, 3.05) is 6.54 Å². The Labute approximate surface area is 192 Å². The highest BCUT2D eigenvalue weighted by molar-refractivity contribution is 6.07. The molecule has 0 bridgehead atoms. The molecule has 2 aliphatic carbocycles. The number of pyridine rings is 1. The fourth-order valence-corrected chi connectivity index (χ4v) is 4.48. The van der Waals surface area contributed by atoms with Gasteiger partial charge in [-0.2, -0.15) is 10.2 Å². The van der Waals surface area contributed by atoms with Gasteiger partial charge in [0.2, 0.25) is 0 Å². The number of hydrogen-bond acceptors (Lipinski definition) is 4. The van der Waals surface area contributed by atoms with Gasteiger partial charge in [-0.05, 0) is 63.3 Å². The summed E-state index contributed by atoms with van der Waals surface area (Å²) in [5.41, 5.74) is 5.68. The summed E-state index contributed by atoms with van der Waals surface area (Å²) < 4.78 is 3.91. The van der Waals surface area contributed by atoms with Gasteiger partial charge in [-0.3, -0.25) is 9.48 Å². The number of aryl methyl sites for hydroxylation is 2. The Bertz CT molecular complexity index is 1310. The van der Waals surface area contributed by atoms with Crippen molar-refractivity contribution in [2.45, 2.75) is 57.4 Å². The first-order chi connectivity index (χ1) is 16.2. The molecule has 2 aliphatic rings. The molecule has 7 nitrogen and oxygen atoms in total.